The lowest BCUT2D eigenvalue weighted by Crippen LogP contribution is -2.03. The van der Waals surface area contributed by atoms with Crippen molar-refractivity contribution in [1.82, 2.24) is 15.1 Å². The van der Waals surface area contributed by atoms with E-state index in [1.54, 1.807) is 6.20 Å². The summed E-state index contributed by atoms with van der Waals surface area (Å²) in [5, 5.41) is 4.05. The van der Waals surface area contributed by atoms with Gasteiger partial charge in [-0.25, -0.2) is 4.98 Å². The third-order valence-electron chi connectivity index (χ3n) is 2.91. The van der Waals surface area contributed by atoms with Crippen LogP contribution in [0.15, 0.2) is 47.1 Å². The summed E-state index contributed by atoms with van der Waals surface area (Å²) in [6.45, 7) is 0. The second-order valence-electron chi connectivity index (χ2n) is 4.36. The number of hydrogen-bond donors (Lipinski definition) is 2. The van der Waals surface area contributed by atoms with Crippen LogP contribution in [-0.2, 0) is 6.42 Å². The number of rotatable bonds is 3. The molecule has 2 heterocycles. The van der Waals surface area contributed by atoms with E-state index < -0.39 is 0 Å². The van der Waals surface area contributed by atoms with E-state index in [1.165, 1.54) is 0 Å². The second kappa shape index (κ2) is 5.00. The van der Waals surface area contributed by atoms with E-state index in [9.17, 15) is 0 Å². The molecular weight excluding hydrogens is 254 g/mol. The van der Waals surface area contributed by atoms with Crippen LogP contribution >= 0.6 is 0 Å². The number of nitrogens with zero attached hydrogens (tertiary/aromatic N) is 3. The maximum atomic E-state index is 5.79. The summed E-state index contributed by atoms with van der Waals surface area (Å²) < 4.78 is 5.32. The van der Waals surface area contributed by atoms with Crippen molar-refractivity contribution in [3.05, 3.63) is 53.9 Å². The number of nitrogens with two attached hydrogens (primary N) is 2. The van der Waals surface area contributed by atoms with Crippen LogP contribution in [0.25, 0.3) is 11.3 Å². The van der Waals surface area contributed by atoms with Crippen molar-refractivity contribution in [3.63, 3.8) is 0 Å². The highest BCUT2D eigenvalue weighted by molar-refractivity contribution is 5.58. The minimum absolute atomic E-state index is 0.161. The van der Waals surface area contributed by atoms with Gasteiger partial charge in [-0.05, 0) is 0 Å². The number of nitrogen functional groups attached to an aromatic ring is 2. The first-order chi connectivity index (χ1) is 9.72. The minimum atomic E-state index is 0.161. The second-order valence-corrected chi connectivity index (χ2v) is 4.36. The molecule has 0 saturated heterocycles. The Balaban J connectivity index is 1.84. The van der Waals surface area contributed by atoms with Crippen molar-refractivity contribution in [2.45, 2.75) is 6.42 Å². The van der Waals surface area contributed by atoms with E-state index in [0.717, 1.165) is 16.8 Å². The van der Waals surface area contributed by atoms with Crippen LogP contribution < -0.4 is 11.5 Å². The van der Waals surface area contributed by atoms with E-state index in [2.05, 4.69) is 15.1 Å². The van der Waals surface area contributed by atoms with E-state index in [-0.39, 0.29) is 5.95 Å². The molecule has 0 spiro atoms. The van der Waals surface area contributed by atoms with Crippen molar-refractivity contribution < 1.29 is 4.52 Å². The van der Waals surface area contributed by atoms with E-state index in [4.69, 9.17) is 16.0 Å². The molecule has 0 atom stereocenters. The van der Waals surface area contributed by atoms with Crippen molar-refractivity contribution in [3.8, 4) is 11.3 Å². The van der Waals surface area contributed by atoms with Crippen LogP contribution in [0.4, 0.5) is 11.8 Å². The van der Waals surface area contributed by atoms with Gasteiger partial charge in [0.25, 0.3) is 0 Å². The summed E-state index contributed by atoms with van der Waals surface area (Å²) in [7, 11) is 0. The quantitative estimate of drug-likeness (QED) is 0.751. The molecule has 0 saturated carbocycles. The van der Waals surface area contributed by atoms with Gasteiger partial charge in [0.15, 0.2) is 0 Å². The van der Waals surface area contributed by atoms with Gasteiger partial charge in [0.2, 0.25) is 5.95 Å². The Morgan fingerprint density at radius 3 is 2.65 bits per heavy atom. The Labute approximate surface area is 115 Å². The molecule has 0 fully saturated rings. The molecule has 0 unspecified atom stereocenters. The van der Waals surface area contributed by atoms with Gasteiger partial charge in [-0.1, -0.05) is 35.5 Å². The van der Waals surface area contributed by atoms with Gasteiger partial charge in [0.05, 0.1) is 0 Å². The average Bonchev–Trinajstić information content (AvgIpc) is 2.92. The molecule has 6 nitrogen and oxygen atoms in total. The van der Waals surface area contributed by atoms with Crippen LogP contribution in [0.3, 0.4) is 0 Å². The maximum absolute atomic E-state index is 5.79. The smallest absolute Gasteiger partial charge is 0.221 e. The van der Waals surface area contributed by atoms with E-state index in [1.807, 2.05) is 36.4 Å². The fourth-order valence-corrected chi connectivity index (χ4v) is 1.90. The lowest BCUT2D eigenvalue weighted by Gasteiger charge is -2.01. The molecule has 100 valence electrons. The normalized spacial score (nSPS) is 10.6. The average molecular weight is 267 g/mol. The molecule has 1 aromatic carbocycles. The van der Waals surface area contributed by atoms with Crippen LogP contribution in [-0.4, -0.2) is 15.1 Å². The zero-order valence-corrected chi connectivity index (χ0v) is 10.7. The van der Waals surface area contributed by atoms with Gasteiger partial charge in [-0.2, -0.15) is 4.98 Å². The van der Waals surface area contributed by atoms with E-state index in [0.29, 0.717) is 18.0 Å². The molecule has 3 aromatic rings. The van der Waals surface area contributed by atoms with Crippen LogP contribution in [0.2, 0.25) is 0 Å². The highest BCUT2D eigenvalue weighted by atomic mass is 16.5. The molecule has 0 aliphatic rings. The molecule has 6 heteroatoms. The Morgan fingerprint density at radius 1 is 1.10 bits per heavy atom. The molecule has 0 radical (unpaired) electrons. The van der Waals surface area contributed by atoms with Crippen LogP contribution in [0.1, 0.15) is 11.3 Å². The Kier molecular flexibility index (Phi) is 3.04. The van der Waals surface area contributed by atoms with Gasteiger partial charge in [0, 0.05) is 29.8 Å². The minimum Gasteiger partial charge on any atom is -0.383 e. The number of hydrogen-bond acceptors (Lipinski definition) is 6. The largest absolute Gasteiger partial charge is 0.383 e. The maximum Gasteiger partial charge on any atom is 0.221 e. The molecule has 4 N–H and O–H groups in total. The molecule has 0 bridgehead atoms. The summed E-state index contributed by atoms with van der Waals surface area (Å²) >= 11 is 0. The van der Waals surface area contributed by atoms with Gasteiger partial charge >= 0.3 is 0 Å². The first-order valence-corrected chi connectivity index (χ1v) is 6.10. The van der Waals surface area contributed by atoms with Crippen LogP contribution in [0.5, 0.6) is 0 Å². The third kappa shape index (κ3) is 2.44. The molecular formula is C14H13N5O. The predicted molar refractivity (Wildman–Crippen MR) is 75.6 cm³/mol. The Morgan fingerprint density at radius 2 is 1.90 bits per heavy atom. The Hall–Kier alpha value is -2.89. The zero-order valence-electron chi connectivity index (χ0n) is 10.7. The SMILES string of the molecule is Nc1ncc(Cc2cc(-c3ccccc3)no2)c(N)n1. The van der Waals surface area contributed by atoms with E-state index >= 15 is 0 Å². The molecule has 20 heavy (non-hydrogen) atoms. The van der Waals surface area contributed by atoms with Gasteiger partial charge in [-0.15, -0.1) is 0 Å². The molecule has 3 rings (SSSR count). The summed E-state index contributed by atoms with van der Waals surface area (Å²) in [6, 6.07) is 11.7. The molecule has 2 aromatic heterocycles. The topological polar surface area (TPSA) is 104 Å². The van der Waals surface area contributed by atoms with Crippen molar-refractivity contribution in [2.24, 2.45) is 0 Å². The number of anilines is 2. The van der Waals surface area contributed by atoms with Crippen molar-refractivity contribution >= 4 is 11.8 Å². The lowest BCUT2D eigenvalue weighted by molar-refractivity contribution is 0.391. The molecule has 0 aliphatic heterocycles. The first kappa shape index (κ1) is 12.2. The van der Waals surface area contributed by atoms with Crippen molar-refractivity contribution in [2.75, 3.05) is 11.5 Å². The monoisotopic (exact) mass is 267 g/mol. The highest BCUT2D eigenvalue weighted by Crippen LogP contribution is 2.21. The Bertz CT molecular complexity index is 723. The third-order valence-corrected chi connectivity index (χ3v) is 2.91. The lowest BCUT2D eigenvalue weighted by atomic mass is 10.1. The van der Waals surface area contributed by atoms with Gasteiger partial charge < -0.3 is 16.0 Å². The molecule has 0 amide bonds. The molecule has 0 aliphatic carbocycles. The summed E-state index contributed by atoms with van der Waals surface area (Å²) in [6.07, 6.45) is 2.08. The summed E-state index contributed by atoms with van der Waals surface area (Å²) in [5.41, 5.74) is 13.8. The zero-order chi connectivity index (χ0) is 13.9. The fraction of sp³-hybridized carbons (Fsp3) is 0.0714. The predicted octanol–water partition coefficient (Wildman–Crippen LogP) is 1.89. The van der Waals surface area contributed by atoms with Gasteiger partial charge in [-0.3, -0.25) is 0 Å². The fourth-order valence-electron chi connectivity index (χ4n) is 1.90. The summed E-state index contributed by atoms with van der Waals surface area (Å²) in [4.78, 5) is 7.84. The highest BCUT2D eigenvalue weighted by Gasteiger charge is 2.10. The van der Waals surface area contributed by atoms with Crippen LogP contribution in [0, 0.1) is 0 Å². The van der Waals surface area contributed by atoms with Crippen molar-refractivity contribution in [1.29, 1.82) is 0 Å². The summed E-state index contributed by atoms with van der Waals surface area (Å²) in [5.74, 6) is 1.22. The number of aromatic nitrogens is 3. The van der Waals surface area contributed by atoms with Gasteiger partial charge in [0.1, 0.15) is 17.3 Å². The standard InChI is InChI=1S/C14H13N5O/c15-13-10(8-17-14(16)18-13)6-11-7-12(19-20-11)9-4-2-1-3-5-9/h1-5,7-8H,6H2,(H4,15,16,17,18). The number of benzene rings is 1. The first-order valence-electron chi connectivity index (χ1n) is 6.10.